The maximum absolute atomic E-state index is 11.9. The minimum absolute atomic E-state index is 0.198. The Morgan fingerprint density at radius 3 is 2.92 bits per heavy atom. The summed E-state index contributed by atoms with van der Waals surface area (Å²) in [6.45, 7) is 3.61. The van der Waals surface area contributed by atoms with Gasteiger partial charge in [0.2, 0.25) is 5.91 Å². The Morgan fingerprint density at radius 1 is 1.36 bits per heavy atom. The summed E-state index contributed by atoms with van der Waals surface area (Å²) in [5.41, 5.74) is 1.81. The van der Waals surface area contributed by atoms with Gasteiger partial charge >= 0.3 is 6.03 Å². The molecule has 1 aliphatic heterocycles. The number of urea groups is 1. The Morgan fingerprint density at radius 2 is 2.20 bits per heavy atom. The van der Waals surface area contributed by atoms with Crippen molar-refractivity contribution in [3.63, 3.8) is 0 Å². The number of hydrogen-bond acceptors (Lipinski definition) is 5. The summed E-state index contributed by atoms with van der Waals surface area (Å²) >= 11 is 0. The first-order chi connectivity index (χ1) is 12.1. The lowest BCUT2D eigenvalue weighted by molar-refractivity contribution is -0.120. The third-order valence-electron chi connectivity index (χ3n) is 4.01. The lowest BCUT2D eigenvalue weighted by Crippen LogP contribution is -2.44. The van der Waals surface area contributed by atoms with E-state index in [1.165, 1.54) is 13.5 Å². The van der Waals surface area contributed by atoms with Crippen LogP contribution in [-0.4, -0.2) is 44.3 Å². The molecule has 25 heavy (non-hydrogen) atoms. The molecule has 0 saturated carbocycles. The van der Waals surface area contributed by atoms with Gasteiger partial charge in [-0.1, -0.05) is 12.1 Å². The Hall–Kier alpha value is -2.12. The summed E-state index contributed by atoms with van der Waals surface area (Å²) in [6, 6.07) is 6.63. The molecule has 0 aliphatic carbocycles. The van der Waals surface area contributed by atoms with E-state index in [-0.39, 0.29) is 6.10 Å². The summed E-state index contributed by atoms with van der Waals surface area (Å²) in [6.07, 6.45) is 3.59. The molecule has 138 valence electrons. The molecule has 0 bridgehead atoms. The number of imide groups is 1. The quantitative estimate of drug-likeness (QED) is 0.701. The molecule has 3 amide bonds. The highest BCUT2D eigenvalue weighted by molar-refractivity contribution is 5.97. The molecular formula is C18H27N3O4. The third-order valence-corrected chi connectivity index (χ3v) is 4.01. The number of carbonyl (C=O) groups is 2. The Kier molecular flexibility index (Phi) is 7.69. The van der Waals surface area contributed by atoms with Crippen LogP contribution in [-0.2, 0) is 20.9 Å². The molecule has 1 saturated heterocycles. The van der Waals surface area contributed by atoms with Crippen LogP contribution in [0.25, 0.3) is 0 Å². The van der Waals surface area contributed by atoms with Crippen LogP contribution in [0.2, 0.25) is 0 Å². The molecule has 7 nitrogen and oxygen atoms in total. The average Bonchev–Trinajstić information content (AvgIpc) is 2.62. The summed E-state index contributed by atoms with van der Waals surface area (Å²) in [5.74, 6) is -0.393. The lowest BCUT2D eigenvalue weighted by Gasteiger charge is -2.22. The predicted molar refractivity (Wildman–Crippen MR) is 95.4 cm³/mol. The van der Waals surface area contributed by atoms with Gasteiger partial charge in [0.1, 0.15) is 6.04 Å². The van der Waals surface area contributed by atoms with Crippen LogP contribution in [0.4, 0.5) is 10.5 Å². The predicted octanol–water partition coefficient (Wildman–Crippen LogP) is 2.03. The summed E-state index contributed by atoms with van der Waals surface area (Å²) in [7, 11) is 1.46. The molecule has 1 aromatic carbocycles. The van der Waals surface area contributed by atoms with Gasteiger partial charge in [-0.25, -0.2) is 4.79 Å². The molecule has 2 atom stereocenters. The second kappa shape index (κ2) is 10.0. The molecular weight excluding hydrogens is 322 g/mol. The van der Waals surface area contributed by atoms with Gasteiger partial charge in [-0.15, -0.1) is 0 Å². The minimum Gasteiger partial charge on any atom is -0.376 e. The summed E-state index contributed by atoms with van der Waals surface area (Å²) < 4.78 is 11.4. The lowest BCUT2D eigenvalue weighted by atomic mass is 10.1. The Bertz CT molecular complexity index is 573. The second-order valence-corrected chi connectivity index (χ2v) is 6.14. The highest BCUT2D eigenvalue weighted by Crippen LogP contribution is 2.15. The number of anilines is 1. The monoisotopic (exact) mass is 349 g/mol. The average molecular weight is 349 g/mol. The molecule has 1 heterocycles. The van der Waals surface area contributed by atoms with E-state index < -0.39 is 18.0 Å². The molecule has 2 unspecified atom stereocenters. The van der Waals surface area contributed by atoms with Gasteiger partial charge in [0.25, 0.3) is 0 Å². The van der Waals surface area contributed by atoms with Crippen LogP contribution in [0.3, 0.4) is 0 Å². The van der Waals surface area contributed by atoms with E-state index in [4.69, 9.17) is 9.47 Å². The number of rotatable bonds is 7. The smallest absolute Gasteiger partial charge is 0.321 e. The first-order valence-electron chi connectivity index (χ1n) is 8.66. The van der Waals surface area contributed by atoms with E-state index in [2.05, 4.69) is 16.0 Å². The maximum Gasteiger partial charge on any atom is 0.321 e. The summed E-state index contributed by atoms with van der Waals surface area (Å²) in [5, 5.41) is 7.67. The van der Waals surface area contributed by atoms with Crippen molar-refractivity contribution in [3.8, 4) is 0 Å². The van der Waals surface area contributed by atoms with E-state index in [0.29, 0.717) is 13.2 Å². The van der Waals surface area contributed by atoms with Crippen LogP contribution in [0, 0.1) is 0 Å². The zero-order valence-electron chi connectivity index (χ0n) is 14.8. The Labute approximate surface area is 148 Å². The van der Waals surface area contributed by atoms with Crippen LogP contribution in [0.1, 0.15) is 31.7 Å². The molecule has 7 heteroatoms. The van der Waals surface area contributed by atoms with Gasteiger partial charge in [0.05, 0.1) is 19.3 Å². The van der Waals surface area contributed by atoms with Crippen LogP contribution >= 0.6 is 0 Å². The third kappa shape index (κ3) is 6.72. The van der Waals surface area contributed by atoms with Crippen molar-refractivity contribution in [3.05, 3.63) is 29.8 Å². The molecule has 3 N–H and O–H groups in total. The first kappa shape index (κ1) is 19.2. The number of benzene rings is 1. The van der Waals surface area contributed by atoms with Gasteiger partial charge in [-0.05, 0) is 43.9 Å². The highest BCUT2D eigenvalue weighted by atomic mass is 16.5. The van der Waals surface area contributed by atoms with E-state index in [9.17, 15) is 9.59 Å². The summed E-state index contributed by atoms with van der Waals surface area (Å²) in [4.78, 5) is 23.1. The van der Waals surface area contributed by atoms with Crippen molar-refractivity contribution in [2.45, 2.75) is 44.9 Å². The fourth-order valence-electron chi connectivity index (χ4n) is 2.60. The van der Waals surface area contributed by atoms with Crippen molar-refractivity contribution >= 4 is 17.6 Å². The topological polar surface area (TPSA) is 88.7 Å². The molecule has 1 fully saturated rings. The van der Waals surface area contributed by atoms with Crippen molar-refractivity contribution in [2.75, 3.05) is 25.6 Å². The molecule has 0 radical (unpaired) electrons. The van der Waals surface area contributed by atoms with Crippen molar-refractivity contribution < 1.29 is 19.1 Å². The van der Waals surface area contributed by atoms with E-state index in [1.54, 1.807) is 6.92 Å². The highest BCUT2D eigenvalue weighted by Gasteiger charge is 2.15. The minimum atomic E-state index is -0.538. The number of carbonyl (C=O) groups excluding carboxylic acids is 2. The number of hydrogen-bond donors (Lipinski definition) is 3. The van der Waals surface area contributed by atoms with E-state index in [0.717, 1.165) is 30.7 Å². The number of nitrogens with one attached hydrogen (secondary N) is 3. The standard InChI is InChI=1S/C18H27N3O4/c1-13(17(22)21-18(23)19-2)20-15-7-5-6-14(10-15)11-24-12-16-8-3-4-9-25-16/h5-7,10,13,16,20H,3-4,8-9,11-12H2,1-2H3,(H2,19,21,22,23). The van der Waals surface area contributed by atoms with Crippen LogP contribution in [0.5, 0.6) is 0 Å². The fourth-order valence-corrected chi connectivity index (χ4v) is 2.60. The van der Waals surface area contributed by atoms with Crippen molar-refractivity contribution in [1.82, 2.24) is 10.6 Å². The van der Waals surface area contributed by atoms with Crippen molar-refractivity contribution in [1.29, 1.82) is 0 Å². The van der Waals surface area contributed by atoms with Gasteiger partial charge in [-0.2, -0.15) is 0 Å². The molecule has 2 rings (SSSR count). The molecule has 0 aromatic heterocycles. The van der Waals surface area contributed by atoms with Gasteiger partial charge in [0.15, 0.2) is 0 Å². The second-order valence-electron chi connectivity index (χ2n) is 6.14. The van der Waals surface area contributed by atoms with E-state index in [1.807, 2.05) is 24.3 Å². The zero-order valence-corrected chi connectivity index (χ0v) is 14.8. The van der Waals surface area contributed by atoms with Gasteiger partial charge in [-0.3, -0.25) is 10.1 Å². The normalized spacial score (nSPS) is 18.2. The molecule has 0 spiro atoms. The molecule has 1 aliphatic rings. The van der Waals surface area contributed by atoms with Crippen LogP contribution < -0.4 is 16.0 Å². The van der Waals surface area contributed by atoms with E-state index >= 15 is 0 Å². The molecule has 1 aromatic rings. The zero-order chi connectivity index (χ0) is 18.1. The largest absolute Gasteiger partial charge is 0.376 e. The van der Waals surface area contributed by atoms with Crippen molar-refractivity contribution in [2.24, 2.45) is 0 Å². The SMILES string of the molecule is CNC(=O)NC(=O)C(C)Nc1cccc(COCC2CCCCO2)c1. The van der Waals surface area contributed by atoms with Gasteiger partial charge < -0.3 is 20.1 Å². The van der Waals surface area contributed by atoms with Crippen LogP contribution in [0.15, 0.2) is 24.3 Å². The number of ether oxygens (including phenoxy) is 2. The first-order valence-corrected chi connectivity index (χ1v) is 8.66. The van der Waals surface area contributed by atoms with Gasteiger partial charge in [0, 0.05) is 19.3 Å². The Balaban J connectivity index is 1.79. The number of amides is 3. The fraction of sp³-hybridized carbons (Fsp3) is 0.556. The maximum atomic E-state index is 11.9.